The molecular formula is C22H22Cl3NO2. The summed E-state index contributed by atoms with van der Waals surface area (Å²) in [7, 11) is 0. The highest BCUT2D eigenvalue weighted by Gasteiger charge is 2.50. The summed E-state index contributed by atoms with van der Waals surface area (Å²) in [4.78, 5) is 15.0. The average Bonchev–Trinajstić information content (AvgIpc) is 2.57. The number of halogens is 3. The van der Waals surface area contributed by atoms with Crippen LogP contribution in [0.1, 0.15) is 31.9 Å². The van der Waals surface area contributed by atoms with E-state index in [4.69, 9.17) is 39.5 Å². The third kappa shape index (κ3) is 4.17. The van der Waals surface area contributed by atoms with E-state index in [9.17, 15) is 4.79 Å². The van der Waals surface area contributed by atoms with Crippen LogP contribution < -0.4 is 9.64 Å². The number of alkyl halides is 3. The predicted molar refractivity (Wildman–Crippen MR) is 118 cm³/mol. The molecule has 0 radical (unpaired) electrons. The Hall–Kier alpha value is -1.68. The molecule has 2 aromatic rings. The molecule has 1 aliphatic heterocycles. The van der Waals surface area contributed by atoms with Gasteiger partial charge in [0.15, 0.2) is 6.04 Å². The van der Waals surface area contributed by atoms with Gasteiger partial charge in [-0.05, 0) is 57.0 Å². The van der Waals surface area contributed by atoms with Crippen molar-refractivity contribution in [3.63, 3.8) is 0 Å². The molecule has 0 unspecified atom stereocenters. The van der Waals surface area contributed by atoms with E-state index in [1.54, 1.807) is 24.3 Å². The van der Waals surface area contributed by atoms with Gasteiger partial charge in [-0.25, -0.2) is 4.79 Å². The Balaban J connectivity index is 2.12. The van der Waals surface area contributed by atoms with E-state index in [0.717, 1.165) is 22.4 Å². The highest BCUT2D eigenvalue weighted by Crippen LogP contribution is 2.46. The number of nitrogens with zero attached hydrogens (tertiary/aromatic N) is 1. The van der Waals surface area contributed by atoms with Crippen LogP contribution in [-0.2, 0) is 4.79 Å². The Kier molecular flexibility index (Phi) is 5.73. The fraction of sp³-hybridized carbons (Fsp3) is 0.318. The van der Waals surface area contributed by atoms with Gasteiger partial charge in [0.05, 0.1) is 5.54 Å². The zero-order valence-electron chi connectivity index (χ0n) is 16.2. The van der Waals surface area contributed by atoms with Crippen molar-refractivity contribution >= 4 is 52.0 Å². The summed E-state index contributed by atoms with van der Waals surface area (Å²) in [6.45, 7) is 8.01. The smallest absolute Gasteiger partial charge is 0.338 e. The molecule has 6 heteroatoms. The maximum Gasteiger partial charge on any atom is 0.338 e. The predicted octanol–water partition coefficient (Wildman–Crippen LogP) is 6.34. The third-order valence-corrected chi connectivity index (χ3v) is 5.40. The molecule has 28 heavy (non-hydrogen) atoms. The second-order valence-electron chi connectivity index (χ2n) is 7.55. The van der Waals surface area contributed by atoms with Gasteiger partial charge >= 0.3 is 5.97 Å². The van der Waals surface area contributed by atoms with Crippen LogP contribution in [0.3, 0.4) is 0 Å². The molecule has 0 N–H and O–H groups in total. The van der Waals surface area contributed by atoms with Crippen molar-refractivity contribution in [2.45, 2.75) is 43.1 Å². The first-order chi connectivity index (χ1) is 13.0. The van der Waals surface area contributed by atoms with Crippen LogP contribution in [0.25, 0.3) is 5.57 Å². The standard InChI is InChI=1S/C22H22Cl3NO2/c1-14-10-11-17-15(2)13-21(3,4)26(18(17)12-14)19(22(23,24)25)20(27)28-16-8-6-5-7-9-16/h5-13,19H,1-4H3/t19-/m0/s1. The van der Waals surface area contributed by atoms with Crippen molar-refractivity contribution < 1.29 is 9.53 Å². The van der Waals surface area contributed by atoms with Crippen LogP contribution in [-0.4, -0.2) is 21.3 Å². The van der Waals surface area contributed by atoms with Gasteiger partial charge < -0.3 is 9.64 Å². The van der Waals surface area contributed by atoms with Crippen LogP contribution in [0.4, 0.5) is 5.69 Å². The summed E-state index contributed by atoms with van der Waals surface area (Å²) < 4.78 is 3.67. The van der Waals surface area contributed by atoms with Gasteiger partial charge in [-0.15, -0.1) is 0 Å². The number of aryl methyl sites for hydroxylation is 1. The molecule has 0 bridgehead atoms. The number of rotatable bonds is 3. The van der Waals surface area contributed by atoms with Crippen LogP contribution >= 0.6 is 34.8 Å². The number of fused-ring (bicyclic) bond motifs is 1. The minimum absolute atomic E-state index is 0.401. The molecular weight excluding hydrogens is 417 g/mol. The van der Waals surface area contributed by atoms with E-state index in [2.05, 4.69) is 6.08 Å². The Labute approximate surface area is 180 Å². The molecule has 0 fully saturated rings. The average molecular weight is 439 g/mol. The van der Waals surface area contributed by atoms with Gasteiger partial charge in [0.1, 0.15) is 5.75 Å². The molecule has 0 spiro atoms. The molecule has 0 aliphatic carbocycles. The lowest BCUT2D eigenvalue weighted by molar-refractivity contribution is -0.136. The van der Waals surface area contributed by atoms with Gasteiger partial charge in [0.2, 0.25) is 3.79 Å². The molecule has 148 valence electrons. The molecule has 1 heterocycles. The summed E-state index contributed by atoms with van der Waals surface area (Å²) in [5.41, 5.74) is 3.42. The van der Waals surface area contributed by atoms with E-state index in [1.165, 1.54) is 0 Å². The quantitative estimate of drug-likeness (QED) is 0.318. The highest BCUT2D eigenvalue weighted by atomic mass is 35.6. The van der Waals surface area contributed by atoms with Crippen molar-refractivity contribution in [1.82, 2.24) is 0 Å². The number of ether oxygens (including phenoxy) is 1. The zero-order valence-corrected chi connectivity index (χ0v) is 18.4. The summed E-state index contributed by atoms with van der Waals surface area (Å²) in [5.74, 6) is -0.225. The lowest BCUT2D eigenvalue weighted by atomic mass is 9.87. The number of carbonyl (C=O) groups is 1. The van der Waals surface area contributed by atoms with E-state index >= 15 is 0 Å². The largest absolute Gasteiger partial charge is 0.425 e. The Morgan fingerprint density at radius 1 is 1.07 bits per heavy atom. The molecule has 3 nitrogen and oxygen atoms in total. The molecule has 2 aromatic carbocycles. The van der Waals surface area contributed by atoms with E-state index in [-0.39, 0.29) is 0 Å². The topological polar surface area (TPSA) is 29.5 Å². The van der Waals surface area contributed by atoms with Crippen molar-refractivity contribution in [3.8, 4) is 5.75 Å². The van der Waals surface area contributed by atoms with Crippen molar-refractivity contribution in [2.24, 2.45) is 0 Å². The monoisotopic (exact) mass is 437 g/mol. The normalized spacial score (nSPS) is 16.8. The fourth-order valence-electron chi connectivity index (χ4n) is 3.68. The minimum Gasteiger partial charge on any atom is -0.425 e. The number of allylic oxidation sites excluding steroid dienone is 1. The summed E-state index contributed by atoms with van der Waals surface area (Å²) in [5, 5.41) is 0. The highest BCUT2D eigenvalue weighted by molar-refractivity contribution is 6.69. The summed E-state index contributed by atoms with van der Waals surface area (Å²) in [6, 6.07) is 13.7. The number of anilines is 1. The number of para-hydroxylation sites is 1. The first-order valence-corrected chi connectivity index (χ1v) is 10.1. The maximum absolute atomic E-state index is 13.2. The van der Waals surface area contributed by atoms with Crippen LogP contribution in [0.2, 0.25) is 0 Å². The maximum atomic E-state index is 13.2. The number of esters is 1. The SMILES string of the molecule is CC1=CC(C)(C)N([C@@H](C(=O)Oc2ccccc2)C(Cl)(Cl)Cl)c2cc(C)ccc21. The third-order valence-electron chi connectivity index (χ3n) is 4.78. The lowest BCUT2D eigenvalue weighted by Gasteiger charge is -2.48. The van der Waals surface area contributed by atoms with Gasteiger partial charge in [-0.1, -0.05) is 71.2 Å². The number of hydrogen-bond donors (Lipinski definition) is 0. The molecule has 1 atom stereocenters. The number of benzene rings is 2. The van der Waals surface area contributed by atoms with E-state index < -0.39 is 21.3 Å². The van der Waals surface area contributed by atoms with E-state index in [1.807, 2.05) is 56.9 Å². The van der Waals surface area contributed by atoms with Crippen LogP contribution in [0, 0.1) is 6.92 Å². The fourth-order valence-corrected chi connectivity index (χ4v) is 4.24. The lowest BCUT2D eigenvalue weighted by Crippen LogP contribution is -2.60. The second kappa shape index (κ2) is 7.62. The molecule has 1 aliphatic rings. The van der Waals surface area contributed by atoms with Crippen molar-refractivity contribution in [3.05, 3.63) is 65.7 Å². The summed E-state index contributed by atoms with van der Waals surface area (Å²) in [6.07, 6.45) is 2.07. The Morgan fingerprint density at radius 3 is 2.32 bits per heavy atom. The first kappa shape index (κ1) is 21.0. The minimum atomic E-state index is -1.90. The Morgan fingerprint density at radius 2 is 1.71 bits per heavy atom. The van der Waals surface area contributed by atoms with Gasteiger partial charge in [0.25, 0.3) is 0 Å². The second-order valence-corrected chi connectivity index (χ2v) is 9.92. The van der Waals surface area contributed by atoms with Gasteiger partial charge in [0, 0.05) is 11.3 Å². The number of carbonyl (C=O) groups excluding carboxylic acids is 1. The Bertz CT molecular complexity index is 917. The molecule has 0 amide bonds. The van der Waals surface area contributed by atoms with Gasteiger partial charge in [-0.3, -0.25) is 0 Å². The van der Waals surface area contributed by atoms with Crippen molar-refractivity contribution in [1.29, 1.82) is 0 Å². The zero-order chi connectivity index (χ0) is 20.7. The van der Waals surface area contributed by atoms with Gasteiger partial charge in [-0.2, -0.15) is 0 Å². The van der Waals surface area contributed by atoms with E-state index in [0.29, 0.717) is 5.75 Å². The molecule has 3 rings (SSSR count). The molecule has 0 aromatic heterocycles. The first-order valence-electron chi connectivity index (χ1n) is 8.94. The van der Waals surface area contributed by atoms with Crippen molar-refractivity contribution in [2.75, 3.05) is 4.90 Å². The molecule has 0 saturated heterocycles. The number of hydrogen-bond acceptors (Lipinski definition) is 3. The van der Waals surface area contributed by atoms with Crippen LogP contribution in [0.5, 0.6) is 5.75 Å². The summed E-state index contributed by atoms with van der Waals surface area (Å²) >= 11 is 19.0. The molecule has 0 saturated carbocycles. The van der Waals surface area contributed by atoms with Crippen LogP contribution in [0.15, 0.2) is 54.6 Å².